The second-order valence-electron chi connectivity index (χ2n) is 9.17. The van der Waals surface area contributed by atoms with Crippen LogP contribution >= 0.6 is 0 Å². The van der Waals surface area contributed by atoms with Crippen LogP contribution in [0.4, 0.5) is 11.4 Å². The molecule has 3 aliphatic rings. The van der Waals surface area contributed by atoms with Gasteiger partial charge in [-0.05, 0) is 49.9 Å². The van der Waals surface area contributed by atoms with Gasteiger partial charge in [0.15, 0.2) is 5.78 Å². The number of nitrogens with one attached hydrogen (secondary N) is 1. The normalized spacial score (nSPS) is 22.0. The van der Waals surface area contributed by atoms with Crippen LogP contribution in [0.5, 0.6) is 0 Å². The number of nitrogens with zero attached hydrogens (tertiary/aromatic N) is 3. The van der Waals surface area contributed by atoms with E-state index in [1.807, 2.05) is 24.3 Å². The zero-order valence-electron chi connectivity index (χ0n) is 18.8. The van der Waals surface area contributed by atoms with Crippen molar-refractivity contribution >= 4 is 28.8 Å². The summed E-state index contributed by atoms with van der Waals surface area (Å²) in [6.07, 6.45) is 1.89. The Hall–Kier alpha value is -2.99. The monoisotopic (exact) mass is 430 g/mol. The van der Waals surface area contributed by atoms with Crippen molar-refractivity contribution in [2.45, 2.75) is 32.7 Å². The molecule has 6 nitrogen and oxygen atoms in total. The van der Waals surface area contributed by atoms with Crippen LogP contribution in [0.1, 0.15) is 29.5 Å². The number of rotatable bonds is 5. The van der Waals surface area contributed by atoms with Crippen molar-refractivity contribution in [2.24, 2.45) is 10.9 Å². The fourth-order valence-electron chi connectivity index (χ4n) is 4.73. The maximum Gasteiger partial charge on any atom is 0.260 e. The van der Waals surface area contributed by atoms with Crippen LogP contribution < -0.4 is 10.2 Å². The molecule has 1 amide bonds. The van der Waals surface area contributed by atoms with Gasteiger partial charge in [-0.15, -0.1) is 0 Å². The Labute approximate surface area is 189 Å². The minimum atomic E-state index is -0.495. The van der Waals surface area contributed by atoms with Crippen molar-refractivity contribution in [2.75, 3.05) is 42.9 Å². The van der Waals surface area contributed by atoms with Crippen LogP contribution in [0, 0.1) is 19.8 Å². The highest BCUT2D eigenvalue weighted by atomic mass is 16.1. The van der Waals surface area contributed by atoms with Crippen LogP contribution in [-0.4, -0.2) is 61.1 Å². The number of piperazine rings is 1. The molecule has 6 heteroatoms. The maximum absolute atomic E-state index is 12.9. The summed E-state index contributed by atoms with van der Waals surface area (Å²) >= 11 is 0. The first-order valence-corrected chi connectivity index (χ1v) is 11.6. The van der Waals surface area contributed by atoms with Crippen LogP contribution in [0.15, 0.2) is 47.5 Å². The minimum Gasteiger partial charge on any atom is -0.370 e. The van der Waals surface area contributed by atoms with Gasteiger partial charge >= 0.3 is 0 Å². The molecule has 32 heavy (non-hydrogen) atoms. The van der Waals surface area contributed by atoms with Crippen LogP contribution in [-0.2, 0) is 9.59 Å². The Balaban J connectivity index is 1.26. The maximum atomic E-state index is 12.9. The first kappa shape index (κ1) is 20.9. The van der Waals surface area contributed by atoms with Gasteiger partial charge in [-0.25, -0.2) is 4.99 Å². The fourth-order valence-corrected chi connectivity index (χ4v) is 4.73. The molecule has 5 rings (SSSR count). The van der Waals surface area contributed by atoms with E-state index in [0.29, 0.717) is 5.71 Å². The first-order chi connectivity index (χ1) is 15.5. The summed E-state index contributed by atoms with van der Waals surface area (Å²) in [5.74, 6) is 0.0995. The standard InChI is InChI=1S/C26H30N4O2/c1-17-6-5-9-22(18(17)2)30-14-12-29(13-15-30)16-23(31)28-24-20-7-3-4-8-21(20)27-25(24)26(32)19-10-11-19/h3-9,19,25,27H,10-16H2,1-2H3. The predicted molar refractivity (Wildman–Crippen MR) is 128 cm³/mol. The number of Topliss-reactive ketones (excluding diaryl/α,β-unsaturated/α-hetero) is 1. The molecule has 2 aromatic rings. The smallest absolute Gasteiger partial charge is 0.260 e. The number of benzene rings is 2. The molecule has 1 atom stereocenters. The number of carbonyl (C=O) groups is 2. The molecule has 0 aromatic heterocycles. The molecule has 2 fully saturated rings. The number of amides is 1. The Bertz CT molecular complexity index is 1080. The van der Waals surface area contributed by atoms with Crippen molar-refractivity contribution in [3.8, 4) is 0 Å². The Morgan fingerprint density at radius 1 is 1.00 bits per heavy atom. The van der Waals surface area contributed by atoms with Gasteiger partial charge in [-0.1, -0.05) is 30.3 Å². The van der Waals surface area contributed by atoms with Crippen LogP contribution in [0.2, 0.25) is 0 Å². The predicted octanol–water partition coefficient (Wildman–Crippen LogP) is 3.21. The van der Waals surface area contributed by atoms with Crippen molar-refractivity contribution in [3.05, 3.63) is 59.2 Å². The summed E-state index contributed by atoms with van der Waals surface area (Å²) in [4.78, 5) is 34.7. The topological polar surface area (TPSA) is 65.0 Å². The number of para-hydroxylation sites is 1. The van der Waals surface area contributed by atoms with Crippen molar-refractivity contribution < 1.29 is 9.59 Å². The van der Waals surface area contributed by atoms with Crippen molar-refractivity contribution in [3.63, 3.8) is 0 Å². The molecule has 0 radical (unpaired) electrons. The summed E-state index contributed by atoms with van der Waals surface area (Å²) in [5.41, 5.74) is 6.27. The second-order valence-corrected chi connectivity index (χ2v) is 9.17. The number of hydrogen-bond donors (Lipinski definition) is 1. The molecule has 1 N–H and O–H groups in total. The Kier molecular flexibility index (Phi) is 5.55. The third-order valence-electron chi connectivity index (χ3n) is 6.93. The number of hydrogen-bond acceptors (Lipinski definition) is 5. The molecule has 1 aliphatic carbocycles. The van der Waals surface area contributed by atoms with Gasteiger partial charge in [0.2, 0.25) is 0 Å². The summed E-state index contributed by atoms with van der Waals surface area (Å²) in [6, 6.07) is 13.7. The summed E-state index contributed by atoms with van der Waals surface area (Å²) < 4.78 is 0. The molecule has 0 bridgehead atoms. The number of fused-ring (bicyclic) bond motifs is 1. The van der Waals surface area contributed by atoms with Gasteiger partial charge in [-0.2, -0.15) is 0 Å². The molecule has 1 saturated carbocycles. The highest BCUT2D eigenvalue weighted by Gasteiger charge is 2.41. The van der Waals surface area contributed by atoms with E-state index in [2.05, 4.69) is 52.2 Å². The SMILES string of the molecule is Cc1cccc(N2CCN(CC(=O)N=C3c4ccccc4NC3C(=O)C3CC3)CC2)c1C. The first-order valence-electron chi connectivity index (χ1n) is 11.6. The van der Waals surface area contributed by atoms with Gasteiger partial charge in [0.25, 0.3) is 5.91 Å². The van der Waals surface area contributed by atoms with Gasteiger partial charge in [0, 0.05) is 49.0 Å². The molecule has 166 valence electrons. The Morgan fingerprint density at radius 2 is 1.75 bits per heavy atom. The van der Waals surface area contributed by atoms with E-state index >= 15 is 0 Å². The third kappa shape index (κ3) is 4.07. The minimum absolute atomic E-state index is 0.111. The molecule has 0 spiro atoms. The number of carbonyl (C=O) groups excluding carboxylic acids is 2. The summed E-state index contributed by atoms with van der Waals surface area (Å²) in [5, 5.41) is 3.30. The highest BCUT2D eigenvalue weighted by Crippen LogP contribution is 2.35. The van der Waals surface area contributed by atoms with Gasteiger partial charge in [0.05, 0.1) is 12.3 Å². The van der Waals surface area contributed by atoms with Crippen molar-refractivity contribution in [1.29, 1.82) is 0 Å². The van der Waals surface area contributed by atoms with E-state index in [-0.39, 0.29) is 24.2 Å². The zero-order chi connectivity index (χ0) is 22.2. The lowest BCUT2D eigenvalue weighted by Gasteiger charge is -2.36. The molecule has 1 unspecified atom stereocenters. The molecule has 2 aliphatic heterocycles. The number of ketones is 1. The summed E-state index contributed by atoms with van der Waals surface area (Å²) in [6.45, 7) is 8.03. The molecular weight excluding hydrogens is 400 g/mol. The van der Waals surface area contributed by atoms with Gasteiger partial charge < -0.3 is 10.2 Å². The van der Waals surface area contributed by atoms with Gasteiger partial charge in [0.1, 0.15) is 6.04 Å². The number of anilines is 2. The van der Waals surface area contributed by atoms with E-state index in [1.54, 1.807) is 0 Å². The average Bonchev–Trinajstić information content (AvgIpc) is 3.59. The zero-order valence-corrected chi connectivity index (χ0v) is 18.8. The van der Waals surface area contributed by atoms with Crippen molar-refractivity contribution in [1.82, 2.24) is 4.90 Å². The Morgan fingerprint density at radius 3 is 2.50 bits per heavy atom. The van der Waals surface area contributed by atoms with E-state index < -0.39 is 6.04 Å². The molecular formula is C26H30N4O2. The second kappa shape index (κ2) is 8.51. The number of aryl methyl sites for hydroxylation is 1. The molecule has 2 aromatic carbocycles. The van der Waals surface area contributed by atoms with Gasteiger partial charge in [-0.3, -0.25) is 14.5 Å². The van der Waals surface area contributed by atoms with Crippen LogP contribution in [0.3, 0.4) is 0 Å². The lowest BCUT2D eigenvalue weighted by molar-refractivity contribution is -0.119. The van der Waals surface area contributed by atoms with Crippen LogP contribution in [0.25, 0.3) is 0 Å². The molecule has 1 saturated heterocycles. The quantitative estimate of drug-likeness (QED) is 0.789. The largest absolute Gasteiger partial charge is 0.370 e. The third-order valence-corrected chi connectivity index (χ3v) is 6.93. The summed E-state index contributed by atoms with van der Waals surface area (Å²) in [7, 11) is 0. The molecule has 2 heterocycles. The lowest BCUT2D eigenvalue weighted by atomic mass is 10.0. The highest BCUT2D eigenvalue weighted by molar-refractivity contribution is 6.27. The van der Waals surface area contributed by atoms with E-state index in [0.717, 1.165) is 50.3 Å². The van der Waals surface area contributed by atoms with E-state index in [1.165, 1.54) is 16.8 Å². The van der Waals surface area contributed by atoms with E-state index in [9.17, 15) is 9.59 Å². The lowest BCUT2D eigenvalue weighted by Crippen LogP contribution is -2.48. The fraction of sp³-hybridized carbons (Fsp3) is 0.423. The number of aliphatic imine (C=N–C) groups is 1. The average molecular weight is 431 g/mol. The van der Waals surface area contributed by atoms with E-state index in [4.69, 9.17) is 0 Å².